The van der Waals surface area contributed by atoms with Gasteiger partial charge in [-0.25, -0.2) is 21.3 Å². The number of anilines is 1. The van der Waals surface area contributed by atoms with Crippen LogP contribution in [0.15, 0.2) is 35.6 Å². The molecule has 11 heteroatoms. The first-order chi connectivity index (χ1) is 16.0. The van der Waals surface area contributed by atoms with Gasteiger partial charge < -0.3 is 21.1 Å². The second kappa shape index (κ2) is 8.19. The lowest BCUT2D eigenvalue weighted by atomic mass is 10.0. The molecule has 2 aromatic heterocycles. The van der Waals surface area contributed by atoms with Crippen LogP contribution in [0.25, 0.3) is 33.2 Å². The smallest absolute Gasteiger partial charge is 0.171 e. The predicted octanol–water partition coefficient (Wildman–Crippen LogP) is 0.691. The number of benzene rings is 2. The average Bonchev–Trinajstić information content (AvgIpc) is 3.21. The summed E-state index contributed by atoms with van der Waals surface area (Å²) in [4.78, 5) is 11.8. The van der Waals surface area contributed by atoms with Gasteiger partial charge in [-0.3, -0.25) is 4.68 Å². The second-order valence-corrected chi connectivity index (χ2v) is 8.10. The van der Waals surface area contributed by atoms with Crippen LogP contribution in [0, 0.1) is 6.92 Å². The molecule has 1 fully saturated rings. The number of rotatable bonds is 4. The molecule has 0 aliphatic carbocycles. The monoisotopic (exact) mass is 446 g/mol. The first kappa shape index (κ1) is 20.9. The van der Waals surface area contributed by atoms with Crippen LogP contribution < -0.4 is 27.3 Å². The number of aromatic hydroxyl groups is 1. The van der Waals surface area contributed by atoms with Crippen molar-refractivity contribution in [3.63, 3.8) is 0 Å². The first-order valence-corrected chi connectivity index (χ1v) is 10.7. The summed E-state index contributed by atoms with van der Waals surface area (Å²) in [6, 6.07) is 7.84. The van der Waals surface area contributed by atoms with Gasteiger partial charge >= 0.3 is 0 Å². The number of amidine groups is 1. The molecular weight excluding hydrogens is 420 g/mol. The maximum absolute atomic E-state index is 10.9. The largest absolute Gasteiger partial charge is 0.507 e. The molecule has 3 heterocycles. The van der Waals surface area contributed by atoms with Crippen molar-refractivity contribution in [2.24, 2.45) is 23.7 Å². The topological polar surface area (TPSA) is 156 Å². The summed E-state index contributed by atoms with van der Waals surface area (Å²) in [7, 11) is 1.84. The molecule has 1 aliphatic rings. The number of fused-ring (bicyclic) bond motifs is 2. The van der Waals surface area contributed by atoms with E-state index in [0.29, 0.717) is 28.2 Å². The molecule has 0 saturated carbocycles. The first-order valence-electron chi connectivity index (χ1n) is 10.7. The van der Waals surface area contributed by atoms with E-state index in [1.54, 1.807) is 4.68 Å². The summed E-state index contributed by atoms with van der Waals surface area (Å²) in [6.07, 6.45) is 1.89. The molecule has 0 amide bonds. The number of hydrogen-bond donors (Lipinski definition) is 5. The fourth-order valence-corrected chi connectivity index (χ4v) is 4.29. The highest BCUT2D eigenvalue weighted by Gasteiger charge is 2.20. The Bertz CT molecular complexity index is 1390. The fraction of sp³-hybridized carbons (Fsp3) is 0.273. The van der Waals surface area contributed by atoms with Crippen molar-refractivity contribution in [2.75, 3.05) is 31.1 Å². The van der Waals surface area contributed by atoms with E-state index >= 15 is 0 Å². The van der Waals surface area contributed by atoms with Gasteiger partial charge in [0.1, 0.15) is 11.4 Å². The van der Waals surface area contributed by atoms with Gasteiger partial charge in [-0.1, -0.05) is 0 Å². The summed E-state index contributed by atoms with van der Waals surface area (Å²) < 4.78 is 1.71. The van der Waals surface area contributed by atoms with Crippen molar-refractivity contribution in [1.82, 2.24) is 30.6 Å². The third-order valence-electron chi connectivity index (χ3n) is 5.95. The van der Waals surface area contributed by atoms with Crippen LogP contribution in [-0.2, 0) is 7.05 Å². The molecule has 4 aromatic rings. The van der Waals surface area contributed by atoms with Gasteiger partial charge in [0.25, 0.3) is 0 Å². The molecule has 1 aliphatic heterocycles. The number of hydrazone groups is 1. The molecule has 0 radical (unpaired) electrons. The Balaban J connectivity index is 1.72. The van der Waals surface area contributed by atoms with Crippen LogP contribution in [0.5, 0.6) is 5.75 Å². The maximum atomic E-state index is 10.9. The summed E-state index contributed by atoms with van der Waals surface area (Å²) in [5.74, 6) is 5.94. The Labute approximate surface area is 190 Å². The fourth-order valence-electron chi connectivity index (χ4n) is 4.29. The van der Waals surface area contributed by atoms with Crippen molar-refractivity contribution in [2.45, 2.75) is 6.92 Å². The summed E-state index contributed by atoms with van der Waals surface area (Å²) >= 11 is 0. The zero-order chi connectivity index (χ0) is 23.1. The van der Waals surface area contributed by atoms with E-state index in [-0.39, 0.29) is 11.6 Å². The van der Waals surface area contributed by atoms with E-state index in [4.69, 9.17) is 21.5 Å². The minimum absolute atomic E-state index is 0.0800. The molecular formula is C22H26N10O. The minimum atomic E-state index is 0.0800. The average molecular weight is 447 g/mol. The molecule has 0 atom stereocenters. The Kier molecular flexibility index (Phi) is 5.19. The predicted molar refractivity (Wildman–Crippen MR) is 129 cm³/mol. The van der Waals surface area contributed by atoms with Gasteiger partial charge in [0, 0.05) is 61.4 Å². The molecule has 0 spiro atoms. The number of piperazine rings is 1. The number of nitrogens with two attached hydrogens (primary N) is 2. The van der Waals surface area contributed by atoms with Gasteiger partial charge in [-0.15, -0.1) is 5.10 Å². The van der Waals surface area contributed by atoms with Crippen LogP contribution in [0.2, 0.25) is 0 Å². The van der Waals surface area contributed by atoms with E-state index < -0.39 is 0 Å². The molecule has 11 nitrogen and oxygen atoms in total. The number of nitrogens with zero attached hydrogens (tertiary/aromatic N) is 6. The van der Waals surface area contributed by atoms with E-state index in [2.05, 4.69) is 26.0 Å². The Hall–Kier alpha value is -3.96. The lowest BCUT2D eigenvalue weighted by Crippen LogP contribution is -2.43. The molecule has 2 aromatic carbocycles. The van der Waals surface area contributed by atoms with Crippen molar-refractivity contribution < 1.29 is 5.11 Å². The number of nitrogens with one attached hydrogen (secondary N) is 2. The van der Waals surface area contributed by atoms with Gasteiger partial charge in [0.15, 0.2) is 11.7 Å². The van der Waals surface area contributed by atoms with E-state index in [1.165, 1.54) is 0 Å². The van der Waals surface area contributed by atoms with E-state index in [0.717, 1.165) is 48.2 Å². The van der Waals surface area contributed by atoms with Crippen LogP contribution in [0.3, 0.4) is 0 Å². The van der Waals surface area contributed by atoms with Crippen molar-refractivity contribution in [3.8, 4) is 17.1 Å². The highest BCUT2D eigenvalue weighted by atomic mass is 16.3. The van der Waals surface area contributed by atoms with Gasteiger partial charge in [-0.05, 0) is 31.2 Å². The highest BCUT2D eigenvalue weighted by molar-refractivity contribution is 6.07. The standard InChI is InChI=1S/C22H26N10O/c1-12-18-13(11-31(2)29-18)9-16(20(12)33)22-26-17-4-3-14(32-7-5-25-6-8-32)10-15(17)19(27-22)21(23)28-30-24/h3-4,9-11,25,30,33H,5-8,24H2,1-2H3,(H2,23,28). The van der Waals surface area contributed by atoms with Crippen molar-refractivity contribution >= 4 is 33.3 Å². The van der Waals surface area contributed by atoms with Gasteiger partial charge in [-0.2, -0.15) is 5.10 Å². The van der Waals surface area contributed by atoms with Crippen molar-refractivity contribution in [3.05, 3.63) is 41.7 Å². The lowest BCUT2D eigenvalue weighted by Gasteiger charge is -2.29. The molecule has 170 valence electrons. The molecule has 7 N–H and O–H groups in total. The Morgan fingerprint density at radius 3 is 2.76 bits per heavy atom. The maximum Gasteiger partial charge on any atom is 0.171 e. The van der Waals surface area contributed by atoms with Crippen LogP contribution in [0.1, 0.15) is 11.3 Å². The minimum Gasteiger partial charge on any atom is -0.507 e. The Morgan fingerprint density at radius 1 is 1.21 bits per heavy atom. The summed E-state index contributed by atoms with van der Waals surface area (Å²) in [6.45, 7) is 5.49. The van der Waals surface area contributed by atoms with Gasteiger partial charge in [0.2, 0.25) is 0 Å². The third-order valence-corrected chi connectivity index (χ3v) is 5.95. The molecule has 0 unspecified atom stereocenters. The van der Waals surface area contributed by atoms with Crippen LogP contribution in [-0.4, -0.2) is 56.9 Å². The quantitative estimate of drug-likeness (QED) is 0.132. The number of phenols is 1. The summed E-state index contributed by atoms with van der Waals surface area (Å²) in [5.41, 5.74) is 12.5. The molecule has 33 heavy (non-hydrogen) atoms. The third kappa shape index (κ3) is 3.66. The van der Waals surface area contributed by atoms with Gasteiger partial charge in [0.05, 0.1) is 16.6 Å². The Morgan fingerprint density at radius 2 is 2.00 bits per heavy atom. The normalized spacial score (nSPS) is 14.9. The van der Waals surface area contributed by atoms with Crippen LogP contribution >= 0.6 is 0 Å². The lowest BCUT2D eigenvalue weighted by molar-refractivity contribution is 0.473. The molecule has 5 rings (SSSR count). The van der Waals surface area contributed by atoms with Crippen LogP contribution in [0.4, 0.5) is 5.69 Å². The molecule has 0 bridgehead atoms. The highest BCUT2D eigenvalue weighted by Crippen LogP contribution is 2.36. The number of hydrazine groups is 1. The number of aryl methyl sites for hydroxylation is 2. The number of aromatic nitrogens is 4. The second-order valence-electron chi connectivity index (χ2n) is 8.10. The number of hydrogen-bond acceptors (Lipinski definition) is 9. The SMILES string of the molecule is Cc1c(O)c(-c2nc(/C(N)=N/NN)c3cc(N4CCNCC4)ccc3n2)cc2cn(C)nc12. The number of phenolic OH excluding ortho intramolecular Hbond substituents is 1. The van der Waals surface area contributed by atoms with E-state index in [9.17, 15) is 5.11 Å². The zero-order valence-corrected chi connectivity index (χ0v) is 18.5. The summed E-state index contributed by atoms with van der Waals surface area (Å²) in [5, 5.41) is 24.3. The van der Waals surface area contributed by atoms with E-state index in [1.807, 2.05) is 44.4 Å². The zero-order valence-electron chi connectivity index (χ0n) is 18.5. The molecule has 1 saturated heterocycles. The van der Waals surface area contributed by atoms with Crippen molar-refractivity contribution in [1.29, 1.82) is 0 Å².